The minimum atomic E-state index is -0.442. The summed E-state index contributed by atoms with van der Waals surface area (Å²) in [5.74, 6) is 1.41. The second kappa shape index (κ2) is 6.45. The second-order valence-corrected chi connectivity index (χ2v) is 5.88. The average molecular weight is 322 g/mol. The molecule has 8 heteroatoms. The van der Waals surface area contributed by atoms with Gasteiger partial charge in [-0.1, -0.05) is 0 Å². The number of nitrogens with zero attached hydrogens (tertiary/aromatic N) is 4. The van der Waals surface area contributed by atoms with Crippen LogP contribution in [-0.4, -0.2) is 53.5 Å². The van der Waals surface area contributed by atoms with Crippen LogP contribution in [0.25, 0.3) is 0 Å². The molecule has 3 rings (SSSR count). The fourth-order valence-electron chi connectivity index (χ4n) is 2.41. The molecule has 0 bridgehead atoms. The number of aromatic nitrogens is 2. The van der Waals surface area contributed by atoms with E-state index in [-0.39, 0.29) is 5.76 Å². The average Bonchev–Trinajstić information content (AvgIpc) is 3.16. The van der Waals surface area contributed by atoms with Crippen molar-refractivity contribution in [3.05, 3.63) is 29.5 Å². The Labute approximate surface area is 132 Å². The van der Waals surface area contributed by atoms with Gasteiger partial charge in [-0.25, -0.2) is 9.78 Å². The van der Waals surface area contributed by atoms with Gasteiger partial charge in [0.25, 0.3) is 0 Å². The zero-order chi connectivity index (χ0) is 15.5. The first-order valence-corrected chi connectivity index (χ1v) is 7.87. The molecule has 0 amide bonds. The van der Waals surface area contributed by atoms with Crippen LogP contribution in [0.4, 0.5) is 5.13 Å². The molecule has 7 nitrogen and oxygen atoms in total. The van der Waals surface area contributed by atoms with Gasteiger partial charge in [-0.15, -0.1) is 0 Å². The van der Waals surface area contributed by atoms with E-state index in [0.29, 0.717) is 6.54 Å². The number of methoxy groups -OCH3 is 1. The van der Waals surface area contributed by atoms with E-state index in [1.54, 1.807) is 6.07 Å². The van der Waals surface area contributed by atoms with Gasteiger partial charge < -0.3 is 14.1 Å². The Hall–Kier alpha value is -1.93. The highest BCUT2D eigenvalue weighted by atomic mass is 32.1. The number of esters is 1. The van der Waals surface area contributed by atoms with Gasteiger partial charge in [-0.3, -0.25) is 4.90 Å². The number of carbonyl (C=O) groups is 1. The van der Waals surface area contributed by atoms with E-state index in [0.717, 1.165) is 42.9 Å². The lowest BCUT2D eigenvalue weighted by atomic mass is 10.3. The van der Waals surface area contributed by atoms with E-state index in [1.165, 1.54) is 18.6 Å². The van der Waals surface area contributed by atoms with Gasteiger partial charge in [0.15, 0.2) is 0 Å². The Morgan fingerprint density at radius 2 is 2.14 bits per heavy atom. The molecule has 0 unspecified atom stereocenters. The SMILES string of the molecule is COC(=O)c1ccc(CN2CCN(c3nc(C)ns3)CC2)o1. The monoisotopic (exact) mass is 322 g/mol. The minimum Gasteiger partial charge on any atom is -0.463 e. The van der Waals surface area contributed by atoms with Crippen molar-refractivity contribution in [2.45, 2.75) is 13.5 Å². The van der Waals surface area contributed by atoms with Crippen molar-refractivity contribution < 1.29 is 13.9 Å². The Kier molecular flexibility index (Phi) is 4.39. The summed E-state index contributed by atoms with van der Waals surface area (Å²) >= 11 is 1.45. The normalized spacial score (nSPS) is 16.0. The van der Waals surface area contributed by atoms with Crippen molar-refractivity contribution in [2.24, 2.45) is 0 Å². The fraction of sp³-hybridized carbons (Fsp3) is 0.500. The number of ether oxygens (including phenoxy) is 1. The Morgan fingerprint density at radius 3 is 2.77 bits per heavy atom. The summed E-state index contributed by atoms with van der Waals surface area (Å²) in [7, 11) is 1.35. The summed E-state index contributed by atoms with van der Waals surface area (Å²) in [6.45, 7) is 6.28. The van der Waals surface area contributed by atoms with E-state index < -0.39 is 5.97 Å². The molecule has 118 valence electrons. The van der Waals surface area contributed by atoms with E-state index in [4.69, 9.17) is 4.42 Å². The quantitative estimate of drug-likeness (QED) is 0.791. The first-order valence-electron chi connectivity index (χ1n) is 7.10. The Morgan fingerprint density at radius 1 is 1.36 bits per heavy atom. The van der Waals surface area contributed by atoms with Crippen molar-refractivity contribution in [1.29, 1.82) is 0 Å². The molecule has 1 saturated heterocycles. The third-order valence-electron chi connectivity index (χ3n) is 3.59. The number of carbonyl (C=O) groups excluding carboxylic acids is 1. The van der Waals surface area contributed by atoms with Crippen LogP contribution in [0.2, 0.25) is 0 Å². The smallest absolute Gasteiger partial charge is 0.373 e. The molecule has 2 aromatic rings. The molecule has 3 heterocycles. The topological polar surface area (TPSA) is 71.7 Å². The maximum absolute atomic E-state index is 11.4. The summed E-state index contributed by atoms with van der Waals surface area (Å²) in [4.78, 5) is 20.3. The fourth-order valence-corrected chi connectivity index (χ4v) is 3.13. The third-order valence-corrected chi connectivity index (χ3v) is 4.46. The number of hydrogen-bond donors (Lipinski definition) is 0. The minimum absolute atomic E-state index is 0.250. The lowest BCUT2D eigenvalue weighted by Crippen LogP contribution is -2.45. The maximum Gasteiger partial charge on any atom is 0.373 e. The van der Waals surface area contributed by atoms with Crippen molar-refractivity contribution in [1.82, 2.24) is 14.3 Å². The molecule has 0 aliphatic carbocycles. The third kappa shape index (κ3) is 3.28. The number of rotatable bonds is 4. The number of anilines is 1. The van der Waals surface area contributed by atoms with Gasteiger partial charge in [0.1, 0.15) is 11.6 Å². The van der Waals surface area contributed by atoms with Gasteiger partial charge in [-0.2, -0.15) is 4.37 Å². The predicted molar refractivity (Wildman–Crippen MR) is 82.2 cm³/mol. The standard InChI is InChI=1S/C14H18N4O3S/c1-10-15-14(22-16-10)18-7-5-17(6-8-18)9-11-3-4-12(21-11)13(19)20-2/h3-4H,5-9H2,1-2H3. The first kappa shape index (κ1) is 15.0. The van der Waals surface area contributed by atoms with Crippen LogP contribution < -0.4 is 4.90 Å². The molecule has 22 heavy (non-hydrogen) atoms. The van der Waals surface area contributed by atoms with Crippen molar-refractivity contribution in [3.63, 3.8) is 0 Å². The van der Waals surface area contributed by atoms with Crippen LogP contribution in [0.5, 0.6) is 0 Å². The summed E-state index contributed by atoms with van der Waals surface area (Å²) in [5.41, 5.74) is 0. The van der Waals surface area contributed by atoms with Gasteiger partial charge in [0.2, 0.25) is 10.9 Å². The molecular weight excluding hydrogens is 304 g/mol. The highest BCUT2D eigenvalue weighted by molar-refractivity contribution is 7.09. The molecule has 0 radical (unpaired) electrons. The first-order chi connectivity index (χ1) is 10.7. The van der Waals surface area contributed by atoms with Gasteiger partial charge in [-0.05, 0) is 19.1 Å². The second-order valence-electron chi connectivity index (χ2n) is 5.14. The largest absolute Gasteiger partial charge is 0.463 e. The molecule has 2 aromatic heterocycles. The molecule has 0 spiro atoms. The predicted octanol–water partition coefficient (Wildman–Crippen LogP) is 1.55. The highest BCUT2D eigenvalue weighted by Gasteiger charge is 2.21. The van der Waals surface area contributed by atoms with Gasteiger partial charge in [0, 0.05) is 37.7 Å². The zero-order valence-corrected chi connectivity index (χ0v) is 13.4. The number of aryl methyl sites for hydroxylation is 1. The molecular formula is C14H18N4O3S. The molecule has 1 aliphatic rings. The van der Waals surface area contributed by atoms with Crippen molar-refractivity contribution in [3.8, 4) is 0 Å². The number of furan rings is 1. The van der Waals surface area contributed by atoms with Gasteiger partial charge >= 0.3 is 5.97 Å². The van der Waals surface area contributed by atoms with Gasteiger partial charge in [0.05, 0.1) is 13.7 Å². The summed E-state index contributed by atoms with van der Waals surface area (Å²) in [6, 6.07) is 3.48. The van der Waals surface area contributed by atoms with E-state index in [1.807, 2.05) is 13.0 Å². The number of hydrogen-bond acceptors (Lipinski definition) is 8. The molecule has 0 aromatic carbocycles. The lowest BCUT2D eigenvalue weighted by Gasteiger charge is -2.33. The van der Waals surface area contributed by atoms with E-state index in [9.17, 15) is 4.79 Å². The summed E-state index contributed by atoms with van der Waals surface area (Å²) in [6.07, 6.45) is 0. The molecule has 0 N–H and O–H groups in total. The summed E-state index contributed by atoms with van der Waals surface area (Å²) < 4.78 is 14.4. The molecule has 0 saturated carbocycles. The highest BCUT2D eigenvalue weighted by Crippen LogP contribution is 2.20. The Balaban J connectivity index is 1.53. The van der Waals surface area contributed by atoms with Crippen LogP contribution in [0.3, 0.4) is 0 Å². The zero-order valence-electron chi connectivity index (χ0n) is 12.6. The molecule has 0 atom stereocenters. The molecule has 1 aliphatic heterocycles. The maximum atomic E-state index is 11.4. The molecule has 1 fully saturated rings. The van der Waals surface area contributed by atoms with E-state index >= 15 is 0 Å². The lowest BCUT2D eigenvalue weighted by molar-refractivity contribution is 0.0561. The Bertz CT molecular complexity index is 646. The summed E-state index contributed by atoms with van der Waals surface area (Å²) in [5, 5.41) is 0.989. The van der Waals surface area contributed by atoms with Crippen LogP contribution in [0.15, 0.2) is 16.5 Å². The van der Waals surface area contributed by atoms with Crippen LogP contribution in [0.1, 0.15) is 22.1 Å². The van der Waals surface area contributed by atoms with Crippen LogP contribution >= 0.6 is 11.5 Å². The number of piperazine rings is 1. The van der Waals surface area contributed by atoms with Crippen molar-refractivity contribution in [2.75, 3.05) is 38.2 Å². The van der Waals surface area contributed by atoms with Crippen molar-refractivity contribution >= 4 is 22.6 Å². The van der Waals surface area contributed by atoms with Crippen LogP contribution in [0, 0.1) is 6.92 Å². The van der Waals surface area contributed by atoms with E-state index in [2.05, 4.69) is 23.9 Å². The van der Waals surface area contributed by atoms with Crippen LogP contribution in [-0.2, 0) is 11.3 Å².